The van der Waals surface area contributed by atoms with Crippen LogP contribution in [0.1, 0.15) is 15.9 Å². The van der Waals surface area contributed by atoms with E-state index in [0.717, 1.165) is 11.0 Å². The Morgan fingerprint density at radius 1 is 1.50 bits per heavy atom. The topological polar surface area (TPSA) is 115 Å². The Hall–Kier alpha value is -3.08. The molecule has 0 aliphatic carbocycles. The molecule has 1 aromatic carbocycles. The lowest BCUT2D eigenvalue weighted by molar-refractivity contribution is -0.394. The summed E-state index contributed by atoms with van der Waals surface area (Å²) in [5, 5.41) is 23.0. The summed E-state index contributed by atoms with van der Waals surface area (Å²) < 4.78 is 1.12. The third-order valence-electron chi connectivity index (χ3n) is 2.17. The minimum Gasteiger partial charge on any atom is -0.390 e. The van der Waals surface area contributed by atoms with E-state index < -0.39 is 10.9 Å². The summed E-state index contributed by atoms with van der Waals surface area (Å²) in [6.07, 6.45) is 1.74. The molecule has 8 heteroatoms. The van der Waals surface area contributed by atoms with Gasteiger partial charge in [-0.15, -0.1) is 4.68 Å². The summed E-state index contributed by atoms with van der Waals surface area (Å²) >= 11 is 0. The van der Waals surface area contributed by atoms with Crippen molar-refractivity contribution in [1.82, 2.24) is 14.8 Å². The van der Waals surface area contributed by atoms with Crippen molar-refractivity contribution in [3.8, 4) is 11.8 Å². The second-order valence-electron chi connectivity index (χ2n) is 3.25. The quantitative estimate of drug-likeness (QED) is 0.448. The van der Waals surface area contributed by atoms with Gasteiger partial charge in [0.25, 0.3) is 0 Å². The molecule has 2 aromatic rings. The maximum absolute atomic E-state index is 10.6. The molecule has 0 radical (unpaired) electrons. The van der Waals surface area contributed by atoms with Gasteiger partial charge in [-0.05, 0) is 23.1 Å². The van der Waals surface area contributed by atoms with E-state index in [0.29, 0.717) is 17.5 Å². The molecule has 8 nitrogen and oxygen atoms in total. The van der Waals surface area contributed by atoms with Crippen LogP contribution < -0.4 is 0 Å². The van der Waals surface area contributed by atoms with E-state index in [2.05, 4.69) is 10.1 Å². The molecule has 0 unspecified atom stereocenters. The number of nitriles is 1. The number of benzene rings is 1. The third-order valence-corrected chi connectivity index (χ3v) is 2.17. The number of nitrogens with zero attached hydrogens (tertiary/aromatic N) is 5. The Morgan fingerprint density at radius 2 is 2.28 bits per heavy atom. The van der Waals surface area contributed by atoms with E-state index in [1.54, 1.807) is 0 Å². The summed E-state index contributed by atoms with van der Waals surface area (Å²) in [6, 6.07) is 6.22. The minimum absolute atomic E-state index is 0.180. The fraction of sp³-hybridized carbons (Fsp3) is 0. The van der Waals surface area contributed by atoms with Gasteiger partial charge >= 0.3 is 5.95 Å². The van der Waals surface area contributed by atoms with Crippen molar-refractivity contribution in [3.63, 3.8) is 0 Å². The Bertz CT molecular complexity index is 670. The molecule has 1 heterocycles. The number of nitro groups is 1. The maximum atomic E-state index is 10.6. The van der Waals surface area contributed by atoms with Crippen molar-refractivity contribution in [1.29, 1.82) is 5.26 Å². The zero-order chi connectivity index (χ0) is 13.1. The van der Waals surface area contributed by atoms with Crippen LogP contribution in [0.15, 0.2) is 24.5 Å². The van der Waals surface area contributed by atoms with Crippen molar-refractivity contribution >= 4 is 12.2 Å². The van der Waals surface area contributed by atoms with Crippen LogP contribution in [-0.2, 0) is 0 Å². The Morgan fingerprint density at radius 3 is 2.83 bits per heavy atom. The average molecular weight is 243 g/mol. The van der Waals surface area contributed by atoms with Gasteiger partial charge in [-0.25, -0.2) is 0 Å². The Labute approximate surface area is 100 Å². The normalized spacial score (nSPS) is 9.72. The predicted molar refractivity (Wildman–Crippen MR) is 58.1 cm³/mol. The molecule has 0 aliphatic rings. The summed E-state index contributed by atoms with van der Waals surface area (Å²) in [7, 11) is 0. The van der Waals surface area contributed by atoms with E-state index in [-0.39, 0.29) is 5.56 Å². The van der Waals surface area contributed by atoms with Crippen molar-refractivity contribution < 1.29 is 9.72 Å². The first-order valence-electron chi connectivity index (χ1n) is 4.71. The lowest BCUT2D eigenvalue weighted by Gasteiger charge is -2.00. The molecule has 1 aromatic heterocycles. The number of hydrogen-bond acceptors (Lipinski definition) is 6. The summed E-state index contributed by atoms with van der Waals surface area (Å²) in [6.45, 7) is 0. The highest BCUT2D eigenvalue weighted by Gasteiger charge is 2.16. The number of rotatable bonds is 3. The summed E-state index contributed by atoms with van der Waals surface area (Å²) in [5.74, 6) is -0.557. The molecule has 0 fully saturated rings. The SMILES string of the molecule is N#Cc1cc(C=O)ccc1-n1cnc([N+](=O)[O-])n1. The fourth-order valence-electron chi connectivity index (χ4n) is 1.37. The summed E-state index contributed by atoms with van der Waals surface area (Å²) in [4.78, 5) is 23.8. The zero-order valence-corrected chi connectivity index (χ0v) is 8.85. The van der Waals surface area contributed by atoms with Crippen LogP contribution in [-0.4, -0.2) is 26.0 Å². The lowest BCUT2D eigenvalue weighted by Crippen LogP contribution is -2.00. The molecule has 2 rings (SSSR count). The van der Waals surface area contributed by atoms with Gasteiger partial charge in [0.1, 0.15) is 18.0 Å². The van der Waals surface area contributed by atoms with Gasteiger partial charge in [0.05, 0.1) is 5.56 Å². The smallest absolute Gasteiger partial charge is 0.390 e. The predicted octanol–water partition coefficient (Wildman–Crippen LogP) is 0.860. The third kappa shape index (κ3) is 1.92. The first kappa shape index (κ1) is 11.4. The monoisotopic (exact) mass is 243 g/mol. The van der Waals surface area contributed by atoms with Crippen LogP contribution in [0.5, 0.6) is 0 Å². The van der Waals surface area contributed by atoms with Gasteiger partial charge in [0, 0.05) is 10.7 Å². The highest BCUT2D eigenvalue weighted by atomic mass is 16.6. The second-order valence-corrected chi connectivity index (χ2v) is 3.25. The van der Waals surface area contributed by atoms with Gasteiger partial charge in [0.2, 0.25) is 6.33 Å². The number of hydrogen-bond donors (Lipinski definition) is 0. The zero-order valence-electron chi connectivity index (χ0n) is 8.85. The maximum Gasteiger partial charge on any atom is 0.491 e. The van der Waals surface area contributed by atoms with E-state index in [9.17, 15) is 14.9 Å². The Balaban J connectivity index is 2.53. The summed E-state index contributed by atoms with van der Waals surface area (Å²) in [5.41, 5.74) is 0.841. The molecule has 0 spiro atoms. The van der Waals surface area contributed by atoms with Crippen molar-refractivity contribution in [3.05, 3.63) is 45.8 Å². The molecule has 0 aliphatic heterocycles. The standard InChI is InChI=1S/C10H5N5O3/c11-4-8-3-7(5-16)1-2-9(8)14-6-12-10(13-14)15(17)18/h1-3,5-6H. The number of carbonyl (C=O) groups excluding carboxylic acids is 1. The largest absolute Gasteiger partial charge is 0.491 e. The molecule has 0 atom stereocenters. The second kappa shape index (κ2) is 4.42. The molecular formula is C10H5N5O3. The van der Waals surface area contributed by atoms with E-state index in [1.807, 2.05) is 6.07 Å². The van der Waals surface area contributed by atoms with Gasteiger partial charge < -0.3 is 10.1 Å². The van der Waals surface area contributed by atoms with Gasteiger partial charge in [-0.2, -0.15) is 5.26 Å². The molecule has 18 heavy (non-hydrogen) atoms. The van der Waals surface area contributed by atoms with Gasteiger partial charge in [-0.3, -0.25) is 4.79 Å². The fourth-order valence-corrected chi connectivity index (χ4v) is 1.37. The number of carbonyl (C=O) groups is 1. The molecule has 0 N–H and O–H groups in total. The minimum atomic E-state index is -0.734. The van der Waals surface area contributed by atoms with E-state index in [4.69, 9.17) is 5.26 Å². The van der Waals surface area contributed by atoms with Crippen molar-refractivity contribution in [2.75, 3.05) is 0 Å². The highest BCUT2D eigenvalue weighted by molar-refractivity contribution is 5.76. The van der Waals surface area contributed by atoms with E-state index in [1.165, 1.54) is 18.2 Å². The van der Waals surface area contributed by atoms with E-state index >= 15 is 0 Å². The number of aldehydes is 1. The molecule has 0 amide bonds. The first-order chi connectivity index (χ1) is 8.65. The van der Waals surface area contributed by atoms with Gasteiger partial charge in [0.15, 0.2) is 0 Å². The van der Waals surface area contributed by atoms with Crippen LogP contribution >= 0.6 is 0 Å². The van der Waals surface area contributed by atoms with Crippen LogP contribution in [0.3, 0.4) is 0 Å². The Kier molecular flexibility index (Phi) is 2.80. The van der Waals surface area contributed by atoms with Crippen LogP contribution in [0.25, 0.3) is 5.69 Å². The van der Waals surface area contributed by atoms with Gasteiger partial charge in [-0.1, -0.05) is 4.98 Å². The number of aromatic nitrogens is 3. The molecule has 0 bridgehead atoms. The molecule has 0 saturated carbocycles. The van der Waals surface area contributed by atoms with Crippen LogP contribution in [0, 0.1) is 21.4 Å². The molecule has 88 valence electrons. The van der Waals surface area contributed by atoms with Crippen molar-refractivity contribution in [2.45, 2.75) is 0 Å². The average Bonchev–Trinajstić information content (AvgIpc) is 2.87. The lowest BCUT2D eigenvalue weighted by atomic mass is 10.1. The molecule has 0 saturated heterocycles. The molecular weight excluding hydrogens is 238 g/mol. The highest BCUT2D eigenvalue weighted by Crippen LogP contribution is 2.15. The first-order valence-corrected chi connectivity index (χ1v) is 4.71. The van der Waals surface area contributed by atoms with Crippen LogP contribution in [0.2, 0.25) is 0 Å². The van der Waals surface area contributed by atoms with Crippen LogP contribution in [0.4, 0.5) is 5.95 Å². The van der Waals surface area contributed by atoms with Crippen molar-refractivity contribution in [2.24, 2.45) is 0 Å².